The Morgan fingerprint density at radius 3 is 2.89 bits per heavy atom. The van der Waals surface area contributed by atoms with Crippen molar-refractivity contribution < 1.29 is 9.13 Å². The van der Waals surface area contributed by atoms with Crippen molar-refractivity contribution >= 4 is 0 Å². The first-order valence-electron chi connectivity index (χ1n) is 6.21. The highest BCUT2D eigenvalue weighted by molar-refractivity contribution is 5.30. The summed E-state index contributed by atoms with van der Waals surface area (Å²) in [6.07, 6.45) is 1.12. The van der Waals surface area contributed by atoms with Crippen molar-refractivity contribution in [3.63, 3.8) is 0 Å². The molecule has 1 aromatic rings. The minimum atomic E-state index is -0.263. The van der Waals surface area contributed by atoms with Crippen molar-refractivity contribution in [1.29, 1.82) is 5.26 Å². The average Bonchev–Trinajstić information content (AvgIpc) is 2.35. The van der Waals surface area contributed by atoms with Gasteiger partial charge >= 0.3 is 0 Å². The van der Waals surface area contributed by atoms with Crippen LogP contribution in [0.1, 0.15) is 38.3 Å². The summed E-state index contributed by atoms with van der Waals surface area (Å²) in [5.74, 6) is 0.249. The number of ether oxygens (including phenoxy) is 1. The number of nitriles is 1. The van der Waals surface area contributed by atoms with Crippen molar-refractivity contribution in [3.05, 3.63) is 29.6 Å². The second-order valence-electron chi connectivity index (χ2n) is 4.07. The lowest BCUT2D eigenvalue weighted by Gasteiger charge is -2.14. The summed E-state index contributed by atoms with van der Waals surface area (Å²) in [7, 11) is 0. The van der Waals surface area contributed by atoms with Crippen molar-refractivity contribution in [2.75, 3.05) is 13.2 Å². The summed E-state index contributed by atoms with van der Waals surface area (Å²) in [4.78, 5) is 0. The molecule has 0 amide bonds. The highest BCUT2D eigenvalue weighted by atomic mass is 19.1. The fourth-order valence-corrected chi connectivity index (χ4v) is 1.71. The van der Waals surface area contributed by atoms with E-state index in [1.54, 1.807) is 12.1 Å². The van der Waals surface area contributed by atoms with Gasteiger partial charge in [0.05, 0.1) is 12.7 Å². The Hall–Kier alpha value is -1.60. The maximum Gasteiger partial charge on any atom is 0.131 e. The molecule has 1 aromatic carbocycles. The Bertz CT molecular complexity index is 415. The maximum atomic E-state index is 13.8. The van der Waals surface area contributed by atoms with Crippen LogP contribution in [0.15, 0.2) is 18.2 Å². The molecule has 0 spiro atoms. The number of benzene rings is 1. The van der Waals surface area contributed by atoms with E-state index in [1.165, 1.54) is 6.07 Å². The summed E-state index contributed by atoms with van der Waals surface area (Å²) in [6, 6.07) is 6.93. The zero-order chi connectivity index (χ0) is 13.4. The van der Waals surface area contributed by atoms with Gasteiger partial charge in [0.15, 0.2) is 0 Å². The number of nitrogens with one attached hydrogen (secondary N) is 1. The molecule has 3 nitrogen and oxygen atoms in total. The Morgan fingerprint density at radius 2 is 2.28 bits per heavy atom. The molecule has 0 aliphatic heterocycles. The summed E-state index contributed by atoms with van der Waals surface area (Å²) in [6.45, 7) is 5.15. The van der Waals surface area contributed by atoms with Crippen molar-refractivity contribution in [3.8, 4) is 11.8 Å². The van der Waals surface area contributed by atoms with Crippen LogP contribution in [0, 0.1) is 17.1 Å². The third kappa shape index (κ3) is 4.34. The molecule has 0 saturated heterocycles. The fourth-order valence-electron chi connectivity index (χ4n) is 1.71. The van der Waals surface area contributed by atoms with Gasteiger partial charge in [-0.3, -0.25) is 0 Å². The lowest BCUT2D eigenvalue weighted by atomic mass is 10.1. The molecule has 0 fully saturated rings. The van der Waals surface area contributed by atoms with E-state index in [0.29, 0.717) is 30.8 Å². The van der Waals surface area contributed by atoms with Crippen LogP contribution in [0.3, 0.4) is 0 Å². The third-order valence-corrected chi connectivity index (χ3v) is 2.65. The van der Waals surface area contributed by atoms with Gasteiger partial charge in [0, 0.05) is 24.1 Å². The lowest BCUT2D eigenvalue weighted by molar-refractivity contribution is 0.310. The normalized spacial score (nSPS) is 11.9. The standard InChI is InChI=1S/C14H19FN2O/c1-3-17-11(2)13-7-6-12(10-14(13)15)18-9-5-4-8-16/h6-7,10-11,17H,3-5,9H2,1-2H3. The van der Waals surface area contributed by atoms with E-state index >= 15 is 0 Å². The van der Waals surface area contributed by atoms with E-state index < -0.39 is 0 Å². The van der Waals surface area contributed by atoms with E-state index in [1.807, 2.05) is 19.9 Å². The Balaban J connectivity index is 2.59. The highest BCUT2D eigenvalue weighted by Crippen LogP contribution is 2.22. The molecule has 1 atom stereocenters. The quantitative estimate of drug-likeness (QED) is 0.756. The van der Waals surface area contributed by atoms with E-state index in [2.05, 4.69) is 5.32 Å². The van der Waals surface area contributed by atoms with E-state index in [-0.39, 0.29) is 11.9 Å². The summed E-state index contributed by atoms with van der Waals surface area (Å²) < 4.78 is 19.2. The topological polar surface area (TPSA) is 45.0 Å². The van der Waals surface area contributed by atoms with Crippen LogP contribution in [0.4, 0.5) is 4.39 Å². The molecule has 98 valence electrons. The van der Waals surface area contributed by atoms with Crippen LogP contribution in [-0.4, -0.2) is 13.2 Å². The zero-order valence-electron chi connectivity index (χ0n) is 10.9. The van der Waals surface area contributed by atoms with Gasteiger partial charge in [-0.1, -0.05) is 13.0 Å². The smallest absolute Gasteiger partial charge is 0.131 e. The first-order chi connectivity index (χ1) is 8.69. The average molecular weight is 250 g/mol. The molecule has 0 bridgehead atoms. The molecule has 0 radical (unpaired) electrons. The van der Waals surface area contributed by atoms with Gasteiger partial charge in [0.25, 0.3) is 0 Å². The molecule has 1 unspecified atom stereocenters. The van der Waals surface area contributed by atoms with E-state index in [4.69, 9.17) is 10.00 Å². The van der Waals surface area contributed by atoms with Crippen molar-refractivity contribution in [2.24, 2.45) is 0 Å². The second-order valence-corrected chi connectivity index (χ2v) is 4.07. The van der Waals surface area contributed by atoms with E-state index in [0.717, 1.165) is 6.54 Å². The number of hydrogen-bond donors (Lipinski definition) is 1. The SMILES string of the molecule is CCNC(C)c1ccc(OCCCC#N)cc1F. The number of hydrogen-bond acceptors (Lipinski definition) is 3. The second kappa shape index (κ2) is 7.67. The van der Waals surface area contributed by atoms with Crippen LogP contribution >= 0.6 is 0 Å². The van der Waals surface area contributed by atoms with E-state index in [9.17, 15) is 4.39 Å². The molecule has 1 N–H and O–H groups in total. The molecular weight excluding hydrogens is 231 g/mol. The van der Waals surface area contributed by atoms with Crippen molar-refractivity contribution in [2.45, 2.75) is 32.7 Å². The molecule has 0 aliphatic rings. The summed E-state index contributed by atoms with van der Waals surface area (Å²) in [5.41, 5.74) is 0.640. The van der Waals surface area contributed by atoms with Crippen molar-refractivity contribution in [1.82, 2.24) is 5.32 Å². The molecule has 0 aromatic heterocycles. The molecule has 0 heterocycles. The molecule has 0 saturated carbocycles. The van der Waals surface area contributed by atoms with Crippen LogP contribution in [0.25, 0.3) is 0 Å². The van der Waals surface area contributed by atoms with Gasteiger partial charge in [-0.2, -0.15) is 5.26 Å². The Morgan fingerprint density at radius 1 is 1.50 bits per heavy atom. The molecule has 0 aliphatic carbocycles. The van der Waals surface area contributed by atoms with Crippen LogP contribution in [-0.2, 0) is 0 Å². The molecule has 4 heteroatoms. The summed E-state index contributed by atoms with van der Waals surface area (Å²) in [5, 5.41) is 11.5. The predicted molar refractivity (Wildman–Crippen MR) is 68.8 cm³/mol. The minimum Gasteiger partial charge on any atom is -0.493 e. The number of halogens is 1. The highest BCUT2D eigenvalue weighted by Gasteiger charge is 2.10. The van der Waals surface area contributed by atoms with Crippen LogP contribution in [0.2, 0.25) is 0 Å². The largest absolute Gasteiger partial charge is 0.493 e. The summed E-state index contributed by atoms with van der Waals surface area (Å²) >= 11 is 0. The number of unbranched alkanes of at least 4 members (excludes halogenated alkanes) is 1. The Kier molecular flexibility index (Phi) is 6.16. The van der Waals surface area contributed by atoms with Gasteiger partial charge in [-0.05, 0) is 26.0 Å². The lowest BCUT2D eigenvalue weighted by Crippen LogP contribution is -2.18. The number of nitrogens with zero attached hydrogens (tertiary/aromatic N) is 1. The number of rotatable bonds is 7. The van der Waals surface area contributed by atoms with Crippen LogP contribution < -0.4 is 10.1 Å². The minimum absolute atomic E-state index is 0.0114. The first-order valence-corrected chi connectivity index (χ1v) is 6.21. The Labute approximate surface area is 108 Å². The third-order valence-electron chi connectivity index (χ3n) is 2.65. The van der Waals surface area contributed by atoms with Gasteiger partial charge in [-0.25, -0.2) is 4.39 Å². The zero-order valence-corrected chi connectivity index (χ0v) is 10.9. The monoisotopic (exact) mass is 250 g/mol. The van der Waals surface area contributed by atoms with Gasteiger partial charge in [-0.15, -0.1) is 0 Å². The molecule has 1 rings (SSSR count). The van der Waals surface area contributed by atoms with Gasteiger partial charge in [0.1, 0.15) is 11.6 Å². The van der Waals surface area contributed by atoms with Gasteiger partial charge in [0.2, 0.25) is 0 Å². The van der Waals surface area contributed by atoms with Crippen LogP contribution in [0.5, 0.6) is 5.75 Å². The molecule has 18 heavy (non-hydrogen) atoms. The van der Waals surface area contributed by atoms with Gasteiger partial charge < -0.3 is 10.1 Å². The first kappa shape index (κ1) is 14.5. The fraction of sp³-hybridized carbons (Fsp3) is 0.500. The predicted octanol–water partition coefficient (Wildman–Crippen LogP) is 3.18. The maximum absolute atomic E-state index is 13.8. The molecular formula is C14H19FN2O.